The Morgan fingerprint density at radius 2 is 1.74 bits per heavy atom. The number of piperidine rings is 1. The third-order valence-electron chi connectivity index (χ3n) is 4.90. The maximum absolute atomic E-state index is 13.0. The minimum absolute atomic E-state index is 0.0248. The molecule has 0 bridgehead atoms. The van der Waals surface area contributed by atoms with Gasteiger partial charge in [0.1, 0.15) is 11.4 Å². The fourth-order valence-electron chi connectivity index (χ4n) is 3.38. The summed E-state index contributed by atoms with van der Waals surface area (Å²) in [6.07, 6.45) is 1.89. The molecule has 3 amide bonds. The van der Waals surface area contributed by atoms with E-state index in [1.165, 1.54) is 12.1 Å². The molecular formula is C20H28FN3O3. The number of nitrogens with zero attached hydrogens (tertiary/aromatic N) is 1. The number of hydrogen-bond donors (Lipinski definition) is 2. The van der Waals surface area contributed by atoms with Crippen LogP contribution in [0.15, 0.2) is 24.3 Å². The third-order valence-corrected chi connectivity index (χ3v) is 4.90. The highest BCUT2D eigenvalue weighted by Gasteiger charge is 2.40. The minimum atomic E-state index is -0.518. The van der Waals surface area contributed by atoms with Crippen molar-refractivity contribution in [3.05, 3.63) is 35.6 Å². The van der Waals surface area contributed by atoms with E-state index in [-0.39, 0.29) is 29.8 Å². The molecule has 6 nitrogen and oxygen atoms in total. The van der Waals surface area contributed by atoms with Gasteiger partial charge in [0.15, 0.2) is 0 Å². The van der Waals surface area contributed by atoms with Crippen LogP contribution in [0.5, 0.6) is 0 Å². The monoisotopic (exact) mass is 377 g/mol. The lowest BCUT2D eigenvalue weighted by Crippen LogP contribution is -2.50. The van der Waals surface area contributed by atoms with Crippen molar-refractivity contribution in [1.29, 1.82) is 0 Å². The number of halogens is 1. The van der Waals surface area contributed by atoms with Crippen molar-refractivity contribution >= 4 is 12.1 Å². The lowest BCUT2D eigenvalue weighted by molar-refractivity contribution is 0.0485. The number of hydrogen-bond acceptors (Lipinski definition) is 3. The third kappa shape index (κ3) is 5.58. The Kier molecular flexibility index (Phi) is 5.58. The van der Waals surface area contributed by atoms with Crippen LogP contribution < -0.4 is 10.6 Å². The second kappa shape index (κ2) is 7.74. The highest BCUT2D eigenvalue weighted by atomic mass is 19.1. The Morgan fingerprint density at radius 1 is 1.11 bits per heavy atom. The molecule has 1 aromatic carbocycles. The summed E-state index contributed by atoms with van der Waals surface area (Å²) in [7, 11) is 0. The van der Waals surface area contributed by atoms with E-state index in [1.807, 2.05) is 20.8 Å². The van der Waals surface area contributed by atoms with E-state index < -0.39 is 11.7 Å². The summed E-state index contributed by atoms with van der Waals surface area (Å²) in [5, 5.41) is 5.93. The minimum Gasteiger partial charge on any atom is -0.444 e. The first-order valence-corrected chi connectivity index (χ1v) is 9.52. The van der Waals surface area contributed by atoms with Crippen LogP contribution in [0.25, 0.3) is 0 Å². The fraction of sp³-hybridized carbons (Fsp3) is 0.600. The Hall–Kier alpha value is -2.31. The normalized spacial score (nSPS) is 22.9. The summed E-state index contributed by atoms with van der Waals surface area (Å²) in [5.74, 6) is 0.0174. The quantitative estimate of drug-likeness (QED) is 0.848. The zero-order valence-electron chi connectivity index (χ0n) is 16.1. The van der Waals surface area contributed by atoms with Crippen molar-refractivity contribution < 1.29 is 18.7 Å². The molecule has 1 aliphatic heterocycles. The van der Waals surface area contributed by atoms with E-state index in [1.54, 1.807) is 17.0 Å². The highest BCUT2D eigenvalue weighted by Crippen LogP contribution is 2.40. The number of benzene rings is 1. The van der Waals surface area contributed by atoms with E-state index in [2.05, 4.69) is 10.6 Å². The molecule has 1 heterocycles. The van der Waals surface area contributed by atoms with Gasteiger partial charge in [-0.25, -0.2) is 14.0 Å². The van der Waals surface area contributed by atoms with Gasteiger partial charge in [0.05, 0.1) is 0 Å². The first-order chi connectivity index (χ1) is 12.7. The van der Waals surface area contributed by atoms with Gasteiger partial charge in [0.2, 0.25) is 0 Å². The second-order valence-electron chi connectivity index (χ2n) is 8.36. The Bertz CT molecular complexity index is 679. The molecule has 0 radical (unpaired) electrons. The van der Waals surface area contributed by atoms with Crippen LogP contribution in [0.3, 0.4) is 0 Å². The number of carbonyl (C=O) groups excluding carboxylic acids is 2. The molecule has 1 saturated carbocycles. The van der Waals surface area contributed by atoms with Crippen LogP contribution in [-0.4, -0.2) is 47.8 Å². The van der Waals surface area contributed by atoms with E-state index in [0.29, 0.717) is 25.9 Å². The molecule has 3 rings (SSSR count). The molecule has 27 heavy (non-hydrogen) atoms. The lowest BCUT2D eigenvalue weighted by Gasteiger charge is -2.33. The van der Waals surface area contributed by atoms with Gasteiger partial charge in [-0.15, -0.1) is 0 Å². The largest absolute Gasteiger partial charge is 0.444 e. The van der Waals surface area contributed by atoms with Crippen LogP contribution in [0.4, 0.5) is 14.0 Å². The molecule has 2 atom stereocenters. The fourth-order valence-corrected chi connectivity index (χ4v) is 3.38. The summed E-state index contributed by atoms with van der Waals surface area (Å²) >= 11 is 0. The van der Waals surface area contributed by atoms with Crippen molar-refractivity contribution in [2.24, 2.45) is 0 Å². The van der Waals surface area contributed by atoms with E-state index in [9.17, 15) is 14.0 Å². The SMILES string of the molecule is CC(C)(C)OC(=O)NC1CCN(C(=O)NC2CC2c2ccc(F)cc2)CC1. The number of ether oxygens (including phenoxy) is 1. The molecule has 0 aromatic heterocycles. The van der Waals surface area contributed by atoms with Crippen molar-refractivity contribution in [3.63, 3.8) is 0 Å². The predicted molar refractivity (Wildman–Crippen MR) is 100 cm³/mol. The molecule has 2 aliphatic rings. The second-order valence-corrected chi connectivity index (χ2v) is 8.36. The van der Waals surface area contributed by atoms with Gasteiger partial charge < -0.3 is 20.3 Å². The molecular weight excluding hydrogens is 349 g/mol. The van der Waals surface area contributed by atoms with Gasteiger partial charge in [0.25, 0.3) is 0 Å². The first-order valence-electron chi connectivity index (χ1n) is 9.52. The van der Waals surface area contributed by atoms with Gasteiger partial charge in [-0.3, -0.25) is 0 Å². The number of nitrogens with one attached hydrogen (secondary N) is 2. The van der Waals surface area contributed by atoms with E-state index >= 15 is 0 Å². The van der Waals surface area contributed by atoms with Crippen molar-refractivity contribution in [3.8, 4) is 0 Å². The zero-order valence-corrected chi connectivity index (χ0v) is 16.1. The molecule has 1 aromatic rings. The first kappa shape index (κ1) is 19.5. The van der Waals surface area contributed by atoms with Gasteiger partial charge in [-0.1, -0.05) is 12.1 Å². The maximum Gasteiger partial charge on any atom is 0.407 e. The summed E-state index contributed by atoms with van der Waals surface area (Å²) in [5.41, 5.74) is 0.540. The Balaban J connectivity index is 1.39. The zero-order chi connectivity index (χ0) is 19.6. The van der Waals surface area contributed by atoms with Gasteiger partial charge in [-0.2, -0.15) is 0 Å². The summed E-state index contributed by atoms with van der Waals surface area (Å²) in [4.78, 5) is 26.1. The summed E-state index contributed by atoms with van der Waals surface area (Å²) in [6.45, 7) is 6.68. The highest BCUT2D eigenvalue weighted by molar-refractivity contribution is 5.75. The van der Waals surface area contributed by atoms with Gasteiger partial charge >= 0.3 is 12.1 Å². The average Bonchev–Trinajstić information content (AvgIpc) is 3.33. The number of amides is 3. The summed E-state index contributed by atoms with van der Waals surface area (Å²) < 4.78 is 18.3. The van der Waals surface area contributed by atoms with Crippen molar-refractivity contribution in [2.45, 2.75) is 63.6 Å². The lowest BCUT2D eigenvalue weighted by atomic mass is 10.1. The molecule has 2 fully saturated rings. The predicted octanol–water partition coefficient (Wildman–Crippen LogP) is 3.38. The number of carbonyl (C=O) groups is 2. The van der Waals surface area contributed by atoms with Crippen molar-refractivity contribution in [2.75, 3.05) is 13.1 Å². The van der Waals surface area contributed by atoms with Crippen LogP contribution in [0.2, 0.25) is 0 Å². The maximum atomic E-state index is 13.0. The standard InChI is InChI=1S/C20H28FN3O3/c1-20(2,3)27-19(26)22-15-8-10-24(11-9-15)18(25)23-17-12-16(17)13-4-6-14(21)7-5-13/h4-7,15-17H,8-12H2,1-3H3,(H,22,26)(H,23,25). The molecule has 2 unspecified atom stereocenters. The number of likely N-dealkylation sites (tertiary alicyclic amines) is 1. The van der Waals surface area contributed by atoms with Gasteiger partial charge in [0, 0.05) is 31.1 Å². The number of alkyl carbamates (subject to hydrolysis) is 1. The molecule has 148 valence electrons. The molecule has 1 aliphatic carbocycles. The molecule has 1 saturated heterocycles. The van der Waals surface area contributed by atoms with Crippen LogP contribution in [0, 0.1) is 5.82 Å². The Labute approximate surface area is 159 Å². The Morgan fingerprint density at radius 3 is 2.33 bits per heavy atom. The van der Waals surface area contributed by atoms with Crippen molar-refractivity contribution in [1.82, 2.24) is 15.5 Å². The van der Waals surface area contributed by atoms with Crippen LogP contribution >= 0.6 is 0 Å². The van der Waals surface area contributed by atoms with E-state index in [4.69, 9.17) is 4.74 Å². The molecule has 2 N–H and O–H groups in total. The smallest absolute Gasteiger partial charge is 0.407 e. The topological polar surface area (TPSA) is 70.7 Å². The average molecular weight is 377 g/mol. The van der Waals surface area contributed by atoms with E-state index in [0.717, 1.165) is 12.0 Å². The molecule has 0 spiro atoms. The van der Waals surface area contributed by atoms with Crippen LogP contribution in [0.1, 0.15) is 51.5 Å². The molecule has 7 heteroatoms. The number of urea groups is 1. The van der Waals surface area contributed by atoms with Crippen LogP contribution in [-0.2, 0) is 4.74 Å². The summed E-state index contributed by atoms with van der Waals surface area (Å²) in [6, 6.07) is 6.53. The number of rotatable bonds is 3. The van der Waals surface area contributed by atoms with Gasteiger partial charge in [-0.05, 0) is 57.7 Å².